The van der Waals surface area contributed by atoms with E-state index in [-0.39, 0.29) is 0 Å². The minimum absolute atomic E-state index is 0.616. The van der Waals surface area contributed by atoms with Crippen LogP contribution < -0.4 is 5.32 Å². The van der Waals surface area contributed by atoms with Crippen molar-refractivity contribution in [2.24, 2.45) is 0 Å². The molecule has 1 aromatic heterocycles. The summed E-state index contributed by atoms with van der Waals surface area (Å²) in [6.45, 7) is 5.35. The number of imidazole rings is 1. The minimum atomic E-state index is 0.616. The summed E-state index contributed by atoms with van der Waals surface area (Å²) in [5.74, 6) is 1.28. The Morgan fingerprint density at radius 3 is 3.00 bits per heavy atom. The number of rotatable bonds is 2. The summed E-state index contributed by atoms with van der Waals surface area (Å²) in [5, 5.41) is 3.27. The van der Waals surface area contributed by atoms with Crippen LogP contribution in [0.2, 0.25) is 0 Å². The highest BCUT2D eigenvalue weighted by Gasteiger charge is 2.22. The Morgan fingerprint density at radius 2 is 2.29 bits per heavy atom. The Hall–Kier alpha value is -0.830. The van der Waals surface area contributed by atoms with Gasteiger partial charge in [0.15, 0.2) is 0 Å². The summed E-state index contributed by atoms with van der Waals surface area (Å²) in [5.41, 5.74) is 2.54. The average Bonchev–Trinajstić information content (AvgIpc) is 2.45. The first-order valence-electron chi connectivity index (χ1n) is 5.43. The van der Waals surface area contributed by atoms with E-state index in [0.717, 1.165) is 13.0 Å². The molecule has 1 unspecified atom stereocenters. The van der Waals surface area contributed by atoms with Gasteiger partial charge in [0, 0.05) is 24.7 Å². The molecule has 78 valence electrons. The third-order valence-electron chi connectivity index (χ3n) is 3.20. The summed E-state index contributed by atoms with van der Waals surface area (Å²) in [6, 6.07) is 0.616. The second kappa shape index (κ2) is 3.73. The molecule has 3 nitrogen and oxygen atoms in total. The van der Waals surface area contributed by atoms with E-state index in [1.54, 1.807) is 0 Å². The monoisotopic (exact) mass is 193 g/mol. The molecule has 0 aliphatic carbocycles. The molecule has 0 amide bonds. The highest BCUT2D eigenvalue weighted by atomic mass is 15.1. The molecule has 0 aromatic carbocycles. The van der Waals surface area contributed by atoms with E-state index in [2.05, 4.69) is 28.7 Å². The summed E-state index contributed by atoms with van der Waals surface area (Å²) < 4.78 is 2.43. The van der Waals surface area contributed by atoms with Crippen molar-refractivity contribution in [3.8, 4) is 0 Å². The summed E-state index contributed by atoms with van der Waals surface area (Å²) in [7, 11) is 2.02. The molecule has 1 aromatic rings. The van der Waals surface area contributed by atoms with Gasteiger partial charge in [-0.3, -0.25) is 0 Å². The van der Waals surface area contributed by atoms with Gasteiger partial charge >= 0.3 is 0 Å². The predicted octanol–water partition coefficient (Wildman–Crippen LogP) is 1.60. The Kier molecular flexibility index (Phi) is 2.59. The molecular weight excluding hydrogens is 174 g/mol. The minimum Gasteiger partial charge on any atom is -0.328 e. The highest BCUT2D eigenvalue weighted by Crippen LogP contribution is 2.26. The zero-order valence-corrected chi connectivity index (χ0v) is 9.30. The van der Waals surface area contributed by atoms with E-state index in [1.807, 2.05) is 7.05 Å². The number of hydrogen-bond donors (Lipinski definition) is 1. The molecular formula is C11H19N3. The van der Waals surface area contributed by atoms with Gasteiger partial charge in [0.1, 0.15) is 5.82 Å². The van der Waals surface area contributed by atoms with Gasteiger partial charge < -0.3 is 9.88 Å². The van der Waals surface area contributed by atoms with Crippen molar-refractivity contribution in [2.75, 3.05) is 13.6 Å². The van der Waals surface area contributed by atoms with Crippen molar-refractivity contribution in [1.29, 1.82) is 0 Å². The summed E-state index contributed by atoms with van der Waals surface area (Å²) in [6.07, 6.45) is 3.71. The number of nitrogens with zero attached hydrogens (tertiary/aromatic N) is 2. The van der Waals surface area contributed by atoms with Crippen LogP contribution in [0.4, 0.5) is 0 Å². The molecule has 1 N–H and O–H groups in total. The summed E-state index contributed by atoms with van der Waals surface area (Å²) >= 11 is 0. The van der Waals surface area contributed by atoms with Gasteiger partial charge in [-0.1, -0.05) is 0 Å². The first-order valence-corrected chi connectivity index (χ1v) is 5.43. The van der Waals surface area contributed by atoms with Gasteiger partial charge in [-0.05, 0) is 33.7 Å². The van der Waals surface area contributed by atoms with Crippen LogP contribution in [0, 0.1) is 13.8 Å². The Bertz CT molecular complexity index is 328. The number of hydrogen-bond acceptors (Lipinski definition) is 2. The molecule has 0 radical (unpaired) electrons. The van der Waals surface area contributed by atoms with Gasteiger partial charge in [0.25, 0.3) is 0 Å². The fourth-order valence-electron chi connectivity index (χ4n) is 2.41. The fraction of sp³-hybridized carbons (Fsp3) is 0.727. The molecule has 14 heavy (non-hydrogen) atoms. The Morgan fingerprint density at radius 1 is 1.50 bits per heavy atom. The van der Waals surface area contributed by atoms with E-state index in [0.29, 0.717) is 6.04 Å². The molecule has 0 bridgehead atoms. The Labute approximate surface area is 85.5 Å². The number of fused-ring (bicyclic) bond motifs is 1. The van der Waals surface area contributed by atoms with E-state index in [4.69, 9.17) is 0 Å². The third-order valence-corrected chi connectivity index (χ3v) is 3.20. The first kappa shape index (κ1) is 9.71. The van der Waals surface area contributed by atoms with Crippen molar-refractivity contribution >= 4 is 0 Å². The third kappa shape index (κ3) is 1.46. The van der Waals surface area contributed by atoms with Crippen molar-refractivity contribution < 1.29 is 0 Å². The largest absolute Gasteiger partial charge is 0.328 e. The number of likely N-dealkylation sites (N-methyl/N-ethyl adjacent to an activating group) is 1. The molecule has 3 heteroatoms. The van der Waals surface area contributed by atoms with Crippen molar-refractivity contribution in [1.82, 2.24) is 14.9 Å². The lowest BCUT2D eigenvalue weighted by molar-refractivity contribution is 0.380. The molecule has 2 heterocycles. The predicted molar refractivity (Wildman–Crippen MR) is 57.6 cm³/mol. The zero-order chi connectivity index (χ0) is 10.1. The molecule has 0 saturated carbocycles. The topological polar surface area (TPSA) is 29.9 Å². The van der Waals surface area contributed by atoms with E-state index in [1.165, 1.54) is 30.1 Å². The average molecular weight is 193 g/mol. The van der Waals surface area contributed by atoms with Gasteiger partial charge in [-0.2, -0.15) is 0 Å². The van der Waals surface area contributed by atoms with Gasteiger partial charge in [0.2, 0.25) is 0 Å². The molecule has 1 atom stereocenters. The number of aryl methyl sites for hydroxylation is 2. The summed E-state index contributed by atoms with van der Waals surface area (Å²) in [4.78, 5) is 4.62. The second-order valence-corrected chi connectivity index (χ2v) is 4.17. The van der Waals surface area contributed by atoms with Gasteiger partial charge in [0.05, 0.1) is 5.69 Å². The first-order chi connectivity index (χ1) is 6.74. The SMILES string of the molecule is CNCC1CCCc2nc(C)c(C)n21. The van der Waals surface area contributed by atoms with Crippen LogP contribution in [-0.2, 0) is 6.42 Å². The normalized spacial score (nSPS) is 20.9. The van der Waals surface area contributed by atoms with Gasteiger partial charge in [-0.25, -0.2) is 4.98 Å². The highest BCUT2D eigenvalue weighted by molar-refractivity contribution is 5.17. The lowest BCUT2D eigenvalue weighted by Crippen LogP contribution is -2.27. The molecule has 0 spiro atoms. The van der Waals surface area contributed by atoms with E-state index in [9.17, 15) is 0 Å². The molecule has 0 saturated heterocycles. The molecule has 1 aliphatic heterocycles. The van der Waals surface area contributed by atoms with Crippen LogP contribution in [0.15, 0.2) is 0 Å². The molecule has 1 aliphatic rings. The standard InChI is InChI=1S/C11H19N3/c1-8-9(2)14-10(7-12-3)5-4-6-11(14)13-8/h10,12H,4-7H2,1-3H3. The smallest absolute Gasteiger partial charge is 0.109 e. The second-order valence-electron chi connectivity index (χ2n) is 4.17. The quantitative estimate of drug-likeness (QED) is 0.773. The van der Waals surface area contributed by atoms with Crippen LogP contribution in [0.5, 0.6) is 0 Å². The maximum Gasteiger partial charge on any atom is 0.109 e. The number of aromatic nitrogens is 2. The van der Waals surface area contributed by atoms with Crippen LogP contribution in [0.3, 0.4) is 0 Å². The van der Waals surface area contributed by atoms with Gasteiger partial charge in [-0.15, -0.1) is 0 Å². The van der Waals surface area contributed by atoms with Crippen LogP contribution in [0.1, 0.15) is 36.1 Å². The molecule has 0 fully saturated rings. The van der Waals surface area contributed by atoms with Crippen LogP contribution >= 0.6 is 0 Å². The molecule has 2 rings (SSSR count). The number of nitrogens with one attached hydrogen (secondary N) is 1. The maximum absolute atomic E-state index is 4.62. The maximum atomic E-state index is 4.62. The van der Waals surface area contributed by atoms with E-state index >= 15 is 0 Å². The van der Waals surface area contributed by atoms with E-state index < -0.39 is 0 Å². The lowest BCUT2D eigenvalue weighted by atomic mass is 10.0. The van der Waals surface area contributed by atoms with Crippen LogP contribution in [0.25, 0.3) is 0 Å². The lowest BCUT2D eigenvalue weighted by Gasteiger charge is -2.26. The fourth-order valence-corrected chi connectivity index (χ4v) is 2.41. The van der Waals surface area contributed by atoms with Crippen molar-refractivity contribution in [2.45, 2.75) is 39.2 Å². The Balaban J connectivity index is 2.36. The van der Waals surface area contributed by atoms with Crippen molar-refractivity contribution in [3.05, 3.63) is 17.2 Å². The zero-order valence-electron chi connectivity index (χ0n) is 9.30. The van der Waals surface area contributed by atoms with Crippen LogP contribution in [-0.4, -0.2) is 23.1 Å². The van der Waals surface area contributed by atoms with Crippen molar-refractivity contribution in [3.63, 3.8) is 0 Å².